The van der Waals surface area contributed by atoms with Gasteiger partial charge in [-0.25, -0.2) is 0 Å². The van der Waals surface area contributed by atoms with Crippen molar-refractivity contribution < 1.29 is 9.90 Å². The fourth-order valence-electron chi connectivity index (χ4n) is 2.47. The van der Waals surface area contributed by atoms with E-state index in [0.29, 0.717) is 5.92 Å². The minimum absolute atomic E-state index is 0.132. The van der Waals surface area contributed by atoms with Gasteiger partial charge in [0, 0.05) is 13.1 Å². The third-order valence-corrected chi connectivity index (χ3v) is 3.43. The molecule has 1 rings (SSSR count). The van der Waals surface area contributed by atoms with Gasteiger partial charge < -0.3 is 10.0 Å². The van der Waals surface area contributed by atoms with E-state index in [4.69, 9.17) is 5.11 Å². The Bertz CT molecular complexity index is 213. The van der Waals surface area contributed by atoms with Gasteiger partial charge >= 0.3 is 0 Å². The highest BCUT2D eigenvalue weighted by atomic mass is 16.3. The van der Waals surface area contributed by atoms with Crippen LogP contribution in [0.1, 0.15) is 33.6 Å². The van der Waals surface area contributed by atoms with Gasteiger partial charge in [-0.1, -0.05) is 27.2 Å². The molecule has 0 bridgehead atoms. The summed E-state index contributed by atoms with van der Waals surface area (Å²) < 4.78 is 0. The van der Waals surface area contributed by atoms with Crippen LogP contribution in [-0.4, -0.2) is 35.6 Å². The minimum atomic E-state index is -0.354. The first-order chi connectivity index (χ1) is 6.51. The molecular formula is C11H21NO2. The molecule has 0 aromatic heterocycles. The Morgan fingerprint density at radius 2 is 2.21 bits per heavy atom. The molecule has 0 aliphatic carbocycles. The van der Waals surface area contributed by atoms with Gasteiger partial charge in [-0.05, 0) is 17.8 Å². The van der Waals surface area contributed by atoms with Crippen LogP contribution >= 0.6 is 0 Å². The van der Waals surface area contributed by atoms with E-state index in [1.807, 2.05) is 0 Å². The maximum Gasteiger partial charge on any atom is 0.248 e. The van der Waals surface area contributed by atoms with Gasteiger partial charge in [0.1, 0.15) is 6.61 Å². The van der Waals surface area contributed by atoms with Crippen molar-refractivity contribution in [1.82, 2.24) is 4.90 Å². The summed E-state index contributed by atoms with van der Waals surface area (Å²) in [5, 5.41) is 8.79. The van der Waals surface area contributed by atoms with E-state index in [-0.39, 0.29) is 17.9 Å². The first-order valence-electron chi connectivity index (χ1n) is 5.40. The van der Waals surface area contributed by atoms with Crippen molar-refractivity contribution >= 4 is 5.91 Å². The first kappa shape index (κ1) is 11.5. The predicted molar refractivity (Wildman–Crippen MR) is 55.8 cm³/mol. The number of aliphatic hydroxyl groups excluding tert-OH is 1. The minimum Gasteiger partial charge on any atom is -0.387 e. The zero-order valence-corrected chi connectivity index (χ0v) is 9.42. The summed E-state index contributed by atoms with van der Waals surface area (Å²) in [6.07, 6.45) is 2.24. The Hall–Kier alpha value is -0.570. The number of piperidine rings is 1. The normalized spacial score (nSPS) is 26.3. The zero-order valence-electron chi connectivity index (χ0n) is 9.42. The lowest BCUT2D eigenvalue weighted by Crippen LogP contribution is -2.48. The van der Waals surface area contributed by atoms with E-state index < -0.39 is 0 Å². The number of carbonyl (C=O) groups is 1. The SMILES string of the molecule is CCC1CCN(C(=O)CO)CC1(C)C. The van der Waals surface area contributed by atoms with Crippen molar-refractivity contribution in [2.45, 2.75) is 33.6 Å². The van der Waals surface area contributed by atoms with Gasteiger partial charge in [-0.2, -0.15) is 0 Å². The number of rotatable bonds is 2. The van der Waals surface area contributed by atoms with E-state index in [9.17, 15) is 4.79 Å². The number of amides is 1. The molecule has 1 N–H and O–H groups in total. The maximum atomic E-state index is 11.3. The van der Waals surface area contributed by atoms with E-state index in [2.05, 4.69) is 20.8 Å². The van der Waals surface area contributed by atoms with Crippen LogP contribution in [-0.2, 0) is 4.79 Å². The number of nitrogens with zero attached hydrogens (tertiary/aromatic N) is 1. The molecule has 0 radical (unpaired) electrons. The molecule has 1 heterocycles. The molecule has 14 heavy (non-hydrogen) atoms. The summed E-state index contributed by atoms with van der Waals surface area (Å²) in [5.41, 5.74) is 0.192. The predicted octanol–water partition coefficient (Wildman–Crippen LogP) is 1.26. The van der Waals surface area contributed by atoms with Crippen LogP contribution in [0.5, 0.6) is 0 Å². The number of hydrogen-bond acceptors (Lipinski definition) is 2. The molecule has 82 valence electrons. The molecule has 1 aliphatic rings. The quantitative estimate of drug-likeness (QED) is 0.727. The molecule has 1 fully saturated rings. The van der Waals surface area contributed by atoms with Gasteiger partial charge in [-0.15, -0.1) is 0 Å². The molecule has 0 spiro atoms. The summed E-state index contributed by atoms with van der Waals surface area (Å²) in [6.45, 7) is 7.85. The average molecular weight is 199 g/mol. The van der Waals surface area contributed by atoms with Gasteiger partial charge in [0.25, 0.3) is 0 Å². The summed E-state index contributed by atoms with van der Waals surface area (Å²) >= 11 is 0. The topological polar surface area (TPSA) is 40.5 Å². The second kappa shape index (κ2) is 4.30. The Morgan fingerprint density at radius 3 is 2.64 bits per heavy atom. The number of hydrogen-bond donors (Lipinski definition) is 1. The first-order valence-corrected chi connectivity index (χ1v) is 5.40. The molecule has 0 aromatic rings. The molecule has 0 saturated carbocycles. The molecule has 1 amide bonds. The fraction of sp³-hybridized carbons (Fsp3) is 0.909. The Labute approximate surface area is 86.1 Å². The summed E-state index contributed by atoms with van der Waals surface area (Å²) in [6, 6.07) is 0. The van der Waals surface area contributed by atoms with Crippen molar-refractivity contribution in [2.24, 2.45) is 11.3 Å². The molecule has 1 saturated heterocycles. The second-order valence-corrected chi connectivity index (χ2v) is 4.86. The summed E-state index contributed by atoms with van der Waals surface area (Å²) in [7, 11) is 0. The molecule has 1 unspecified atom stereocenters. The van der Waals surface area contributed by atoms with Gasteiger partial charge in [0.15, 0.2) is 0 Å². The van der Waals surface area contributed by atoms with Crippen LogP contribution in [0.4, 0.5) is 0 Å². The van der Waals surface area contributed by atoms with Gasteiger partial charge in [-0.3, -0.25) is 4.79 Å². The van der Waals surface area contributed by atoms with E-state index >= 15 is 0 Å². The van der Waals surface area contributed by atoms with Crippen molar-refractivity contribution in [3.63, 3.8) is 0 Å². The Morgan fingerprint density at radius 1 is 1.57 bits per heavy atom. The van der Waals surface area contributed by atoms with Crippen molar-refractivity contribution in [1.29, 1.82) is 0 Å². The van der Waals surface area contributed by atoms with Gasteiger partial charge in [0.2, 0.25) is 5.91 Å². The highest BCUT2D eigenvalue weighted by molar-refractivity contribution is 5.77. The lowest BCUT2D eigenvalue weighted by molar-refractivity contribution is -0.138. The van der Waals surface area contributed by atoms with E-state index in [1.165, 1.54) is 6.42 Å². The average Bonchev–Trinajstić information content (AvgIpc) is 2.15. The third kappa shape index (κ3) is 2.27. The van der Waals surface area contributed by atoms with Crippen LogP contribution in [0, 0.1) is 11.3 Å². The van der Waals surface area contributed by atoms with E-state index in [1.54, 1.807) is 4.90 Å². The van der Waals surface area contributed by atoms with E-state index in [0.717, 1.165) is 19.5 Å². The van der Waals surface area contributed by atoms with Crippen LogP contribution in [0.15, 0.2) is 0 Å². The standard InChI is InChI=1S/C11H21NO2/c1-4-9-5-6-12(10(14)7-13)8-11(9,2)3/h9,13H,4-8H2,1-3H3. The number of likely N-dealkylation sites (tertiary alicyclic amines) is 1. The second-order valence-electron chi connectivity index (χ2n) is 4.86. The Balaban J connectivity index is 2.62. The van der Waals surface area contributed by atoms with Crippen LogP contribution in [0.2, 0.25) is 0 Å². The van der Waals surface area contributed by atoms with Gasteiger partial charge in [0.05, 0.1) is 0 Å². The lowest BCUT2D eigenvalue weighted by Gasteiger charge is -2.44. The zero-order chi connectivity index (χ0) is 10.8. The smallest absolute Gasteiger partial charge is 0.248 e. The van der Waals surface area contributed by atoms with Crippen molar-refractivity contribution in [3.8, 4) is 0 Å². The lowest BCUT2D eigenvalue weighted by atomic mass is 9.72. The molecular weight excluding hydrogens is 178 g/mol. The fourth-order valence-corrected chi connectivity index (χ4v) is 2.47. The molecule has 0 aromatic carbocycles. The third-order valence-electron chi connectivity index (χ3n) is 3.43. The highest BCUT2D eigenvalue weighted by Gasteiger charge is 2.35. The largest absolute Gasteiger partial charge is 0.387 e. The number of aliphatic hydroxyl groups is 1. The van der Waals surface area contributed by atoms with Crippen LogP contribution in [0.25, 0.3) is 0 Å². The molecule has 1 aliphatic heterocycles. The van der Waals surface area contributed by atoms with Crippen molar-refractivity contribution in [2.75, 3.05) is 19.7 Å². The molecule has 3 nitrogen and oxygen atoms in total. The number of carbonyl (C=O) groups excluding carboxylic acids is 1. The maximum absolute atomic E-state index is 11.3. The van der Waals surface area contributed by atoms with Crippen molar-refractivity contribution in [3.05, 3.63) is 0 Å². The van der Waals surface area contributed by atoms with Crippen LogP contribution in [0.3, 0.4) is 0 Å². The molecule has 3 heteroatoms. The van der Waals surface area contributed by atoms with Crippen LogP contribution < -0.4 is 0 Å². The summed E-state index contributed by atoms with van der Waals surface area (Å²) in [4.78, 5) is 13.1. The Kier molecular flexibility index (Phi) is 3.53. The summed E-state index contributed by atoms with van der Waals surface area (Å²) in [5.74, 6) is 0.567. The monoisotopic (exact) mass is 199 g/mol. The highest BCUT2D eigenvalue weighted by Crippen LogP contribution is 2.36. The molecule has 1 atom stereocenters.